The first-order valence-electron chi connectivity index (χ1n) is 5.61. The molecule has 0 atom stereocenters. The van der Waals surface area contributed by atoms with Gasteiger partial charge in [0.1, 0.15) is 0 Å². The monoisotopic (exact) mass is 246 g/mol. The van der Waals surface area contributed by atoms with Crippen molar-refractivity contribution in [3.63, 3.8) is 0 Å². The molecule has 0 aliphatic heterocycles. The Morgan fingerprint density at radius 3 is 1.89 bits per heavy atom. The highest BCUT2D eigenvalue weighted by atomic mass is 15.3. The molecule has 0 radical (unpaired) electrons. The van der Waals surface area contributed by atoms with Crippen LogP contribution in [0.4, 0.5) is 5.69 Å². The maximum Gasteiger partial charge on any atom is 0.0991 e. The quantitative estimate of drug-likeness (QED) is 0.668. The van der Waals surface area contributed by atoms with Gasteiger partial charge in [-0.15, -0.1) is 0 Å². The number of nitrogens with one attached hydrogen (secondary N) is 1. The molecule has 2 aromatic rings. The molecule has 90 valence electrons. The van der Waals surface area contributed by atoms with Crippen molar-refractivity contribution in [3.8, 4) is 12.1 Å². The molecule has 0 saturated carbocycles. The molecular weight excluding hydrogens is 236 g/mol. The van der Waals surface area contributed by atoms with E-state index in [0.717, 1.165) is 11.3 Å². The molecule has 0 spiro atoms. The minimum atomic E-state index is 0.613. The molecule has 1 N–H and O–H groups in total. The minimum Gasteiger partial charge on any atom is -0.279 e. The molecule has 0 saturated heterocycles. The molecule has 0 fully saturated rings. The summed E-state index contributed by atoms with van der Waals surface area (Å²) in [6, 6.07) is 18.3. The van der Waals surface area contributed by atoms with Crippen LogP contribution >= 0.6 is 0 Å². The van der Waals surface area contributed by atoms with E-state index >= 15 is 0 Å². The number of nitriles is 2. The summed E-state index contributed by atoms with van der Waals surface area (Å²) in [5.41, 5.74) is 5.82. The molecule has 0 unspecified atom stereocenters. The van der Waals surface area contributed by atoms with Crippen molar-refractivity contribution in [2.45, 2.75) is 0 Å². The Balaban J connectivity index is 1.99. The summed E-state index contributed by atoms with van der Waals surface area (Å²) in [5.74, 6) is 0. The van der Waals surface area contributed by atoms with Gasteiger partial charge in [-0.3, -0.25) is 5.43 Å². The Morgan fingerprint density at radius 1 is 0.842 bits per heavy atom. The van der Waals surface area contributed by atoms with Crippen LogP contribution in [0, 0.1) is 22.7 Å². The first kappa shape index (κ1) is 12.3. The van der Waals surface area contributed by atoms with E-state index in [4.69, 9.17) is 10.5 Å². The number of nitrogens with zero attached hydrogens (tertiary/aromatic N) is 3. The third-order valence-corrected chi connectivity index (χ3v) is 2.46. The summed E-state index contributed by atoms with van der Waals surface area (Å²) < 4.78 is 0. The molecule has 0 aliphatic carbocycles. The summed E-state index contributed by atoms with van der Waals surface area (Å²) in [7, 11) is 0. The van der Waals surface area contributed by atoms with E-state index in [1.165, 1.54) is 0 Å². The number of benzene rings is 2. The van der Waals surface area contributed by atoms with Gasteiger partial charge in [0.25, 0.3) is 0 Å². The van der Waals surface area contributed by atoms with E-state index in [1.54, 1.807) is 42.6 Å². The first-order valence-corrected chi connectivity index (χ1v) is 5.61. The molecule has 19 heavy (non-hydrogen) atoms. The Bertz CT molecular complexity index is 655. The van der Waals surface area contributed by atoms with Crippen LogP contribution in [0.5, 0.6) is 0 Å². The molecular formula is C15H10N4. The topological polar surface area (TPSA) is 72.0 Å². The smallest absolute Gasteiger partial charge is 0.0991 e. The van der Waals surface area contributed by atoms with Crippen molar-refractivity contribution in [1.82, 2.24) is 0 Å². The molecule has 4 heteroatoms. The molecule has 2 aromatic carbocycles. The fourth-order valence-corrected chi connectivity index (χ4v) is 1.44. The van der Waals surface area contributed by atoms with Crippen molar-refractivity contribution < 1.29 is 0 Å². The van der Waals surface area contributed by atoms with Gasteiger partial charge in [-0.1, -0.05) is 12.1 Å². The second kappa shape index (κ2) is 6.00. The predicted molar refractivity (Wildman–Crippen MR) is 73.5 cm³/mol. The number of hydrogen-bond acceptors (Lipinski definition) is 4. The molecule has 0 amide bonds. The Kier molecular flexibility index (Phi) is 3.90. The lowest BCUT2D eigenvalue weighted by atomic mass is 10.2. The van der Waals surface area contributed by atoms with Crippen LogP contribution in [-0.4, -0.2) is 6.21 Å². The predicted octanol–water partition coefficient (Wildman–Crippen LogP) is 2.88. The highest BCUT2D eigenvalue weighted by Gasteiger charge is 1.92. The maximum atomic E-state index is 8.68. The van der Waals surface area contributed by atoms with E-state index < -0.39 is 0 Å². The third kappa shape index (κ3) is 3.42. The fourth-order valence-electron chi connectivity index (χ4n) is 1.44. The Morgan fingerprint density at radius 2 is 1.37 bits per heavy atom. The number of hydrogen-bond donors (Lipinski definition) is 1. The lowest BCUT2D eigenvalue weighted by Gasteiger charge is -1.99. The standard InChI is InChI=1S/C15H10N4/c16-9-12-1-3-14(4-2-12)11-18-19-15-7-5-13(10-17)6-8-15/h1-8,11,19H. The summed E-state index contributed by atoms with van der Waals surface area (Å²) in [5, 5.41) is 21.4. The molecule has 0 aliphatic rings. The minimum absolute atomic E-state index is 0.613. The Labute approximate surface area is 111 Å². The van der Waals surface area contributed by atoms with Crippen LogP contribution in [0.1, 0.15) is 16.7 Å². The van der Waals surface area contributed by atoms with Gasteiger partial charge in [0, 0.05) is 0 Å². The Hall–Kier alpha value is -3.11. The lowest BCUT2D eigenvalue weighted by molar-refractivity contribution is 1.34. The lowest BCUT2D eigenvalue weighted by Crippen LogP contribution is -1.90. The van der Waals surface area contributed by atoms with Crippen molar-refractivity contribution in [1.29, 1.82) is 10.5 Å². The van der Waals surface area contributed by atoms with Crippen LogP contribution in [-0.2, 0) is 0 Å². The van der Waals surface area contributed by atoms with Gasteiger partial charge >= 0.3 is 0 Å². The van der Waals surface area contributed by atoms with Gasteiger partial charge < -0.3 is 0 Å². The zero-order valence-corrected chi connectivity index (χ0v) is 10.0. The van der Waals surface area contributed by atoms with Crippen molar-refractivity contribution in [2.24, 2.45) is 5.10 Å². The van der Waals surface area contributed by atoms with E-state index in [0.29, 0.717) is 11.1 Å². The van der Waals surface area contributed by atoms with Gasteiger partial charge in [0.05, 0.1) is 35.2 Å². The zero-order valence-electron chi connectivity index (χ0n) is 10.0. The van der Waals surface area contributed by atoms with Crippen LogP contribution in [0.2, 0.25) is 0 Å². The van der Waals surface area contributed by atoms with Gasteiger partial charge in [-0.2, -0.15) is 15.6 Å². The van der Waals surface area contributed by atoms with Crippen LogP contribution < -0.4 is 5.43 Å². The largest absolute Gasteiger partial charge is 0.279 e. The second-order valence-electron chi connectivity index (χ2n) is 3.79. The molecule has 0 aromatic heterocycles. The van der Waals surface area contributed by atoms with Gasteiger partial charge in [-0.25, -0.2) is 0 Å². The van der Waals surface area contributed by atoms with E-state index in [-0.39, 0.29) is 0 Å². The van der Waals surface area contributed by atoms with E-state index in [2.05, 4.69) is 22.7 Å². The number of anilines is 1. The fraction of sp³-hybridized carbons (Fsp3) is 0. The summed E-state index contributed by atoms with van der Waals surface area (Å²) in [4.78, 5) is 0. The average Bonchev–Trinajstić information content (AvgIpc) is 2.49. The molecule has 2 rings (SSSR count). The van der Waals surface area contributed by atoms with Crippen molar-refractivity contribution in [3.05, 3.63) is 65.2 Å². The van der Waals surface area contributed by atoms with Crippen LogP contribution in [0.15, 0.2) is 53.6 Å². The van der Waals surface area contributed by atoms with Gasteiger partial charge in [0.2, 0.25) is 0 Å². The zero-order chi connectivity index (χ0) is 13.5. The van der Waals surface area contributed by atoms with E-state index in [1.807, 2.05) is 12.1 Å². The second-order valence-corrected chi connectivity index (χ2v) is 3.79. The summed E-state index contributed by atoms with van der Waals surface area (Å²) in [6.45, 7) is 0. The summed E-state index contributed by atoms with van der Waals surface area (Å²) in [6.07, 6.45) is 1.67. The van der Waals surface area contributed by atoms with Gasteiger partial charge in [0.15, 0.2) is 0 Å². The highest BCUT2D eigenvalue weighted by Crippen LogP contribution is 2.08. The molecule has 0 heterocycles. The average molecular weight is 246 g/mol. The molecule has 0 bridgehead atoms. The third-order valence-electron chi connectivity index (χ3n) is 2.46. The normalized spacial score (nSPS) is 9.79. The number of rotatable bonds is 3. The first-order chi connectivity index (χ1) is 9.31. The van der Waals surface area contributed by atoms with E-state index in [9.17, 15) is 0 Å². The van der Waals surface area contributed by atoms with Crippen LogP contribution in [0.25, 0.3) is 0 Å². The van der Waals surface area contributed by atoms with Crippen molar-refractivity contribution in [2.75, 3.05) is 5.43 Å². The van der Waals surface area contributed by atoms with Gasteiger partial charge in [-0.05, 0) is 42.0 Å². The number of hydrazone groups is 1. The van der Waals surface area contributed by atoms with Crippen molar-refractivity contribution >= 4 is 11.9 Å². The van der Waals surface area contributed by atoms with Crippen LogP contribution in [0.3, 0.4) is 0 Å². The highest BCUT2D eigenvalue weighted by molar-refractivity contribution is 5.80. The maximum absolute atomic E-state index is 8.68. The summed E-state index contributed by atoms with van der Waals surface area (Å²) >= 11 is 0. The SMILES string of the molecule is N#Cc1ccc(C=NNc2ccc(C#N)cc2)cc1. The molecule has 4 nitrogen and oxygen atoms in total.